The number of nitrogens with one attached hydrogen (secondary N) is 3. The third-order valence-corrected chi connectivity index (χ3v) is 9.95. The van der Waals surface area contributed by atoms with E-state index in [-0.39, 0.29) is 31.1 Å². The molecular formula is C33H46N6O6S. The first kappa shape index (κ1) is 34.9. The van der Waals surface area contributed by atoms with Gasteiger partial charge < -0.3 is 31.0 Å². The molecule has 0 spiro atoms. The number of hydrogen-bond donors (Lipinski definition) is 4. The highest BCUT2D eigenvalue weighted by molar-refractivity contribution is 7.89. The average molecular weight is 655 g/mol. The van der Waals surface area contributed by atoms with Gasteiger partial charge in [0.25, 0.3) is 0 Å². The van der Waals surface area contributed by atoms with Crippen LogP contribution in [-0.2, 0) is 24.3 Å². The van der Waals surface area contributed by atoms with E-state index >= 15 is 0 Å². The van der Waals surface area contributed by atoms with E-state index in [0.717, 1.165) is 16.5 Å². The number of ether oxygens (including phenoxy) is 1. The normalized spacial score (nSPS) is 16.4. The lowest BCUT2D eigenvalue weighted by atomic mass is 9.92. The maximum Gasteiger partial charge on any atom is 0.329 e. The lowest BCUT2D eigenvalue weighted by Gasteiger charge is -2.35. The van der Waals surface area contributed by atoms with E-state index in [1.54, 1.807) is 51.1 Å². The molecular weight excluding hydrogens is 608 g/mol. The summed E-state index contributed by atoms with van der Waals surface area (Å²) in [6.45, 7) is 8.10. The predicted octanol–water partition coefficient (Wildman–Crippen LogP) is 3.31. The van der Waals surface area contributed by atoms with Crippen LogP contribution in [-0.4, -0.2) is 90.9 Å². The van der Waals surface area contributed by atoms with E-state index < -0.39 is 51.5 Å². The van der Waals surface area contributed by atoms with E-state index in [1.165, 1.54) is 9.21 Å². The van der Waals surface area contributed by atoms with E-state index in [1.807, 2.05) is 37.4 Å². The lowest BCUT2D eigenvalue weighted by molar-refractivity contribution is -0.159. The maximum absolute atomic E-state index is 14.0. The van der Waals surface area contributed by atoms with Gasteiger partial charge in [-0.25, -0.2) is 18.0 Å². The second-order valence-electron chi connectivity index (χ2n) is 12.6. The van der Waals surface area contributed by atoms with E-state index in [2.05, 4.69) is 15.6 Å². The zero-order chi connectivity index (χ0) is 33.5. The summed E-state index contributed by atoms with van der Waals surface area (Å²) in [6, 6.07) is 13.4. The minimum Gasteiger partial charge on any atom is -0.458 e. The van der Waals surface area contributed by atoms with Crippen molar-refractivity contribution in [3.05, 3.63) is 66.4 Å². The molecule has 250 valence electrons. The number of aromatic nitrogens is 1. The Bertz CT molecular complexity index is 1600. The van der Waals surface area contributed by atoms with Gasteiger partial charge in [0, 0.05) is 49.2 Å². The number of piperazine rings is 1. The number of nitrogens with zero attached hydrogens (tertiary/aromatic N) is 2. The number of fused-ring (bicyclic) bond motifs is 1. The van der Waals surface area contributed by atoms with Crippen LogP contribution < -0.4 is 16.4 Å². The summed E-state index contributed by atoms with van der Waals surface area (Å²) in [5.74, 6) is -1.58. The molecule has 0 radical (unpaired) electrons. The summed E-state index contributed by atoms with van der Waals surface area (Å²) in [4.78, 5) is 45.7. The number of nitrogens with two attached hydrogens (primary N) is 1. The zero-order valence-corrected chi connectivity index (χ0v) is 27.8. The first-order chi connectivity index (χ1) is 21.8. The Hall–Kier alpha value is -3.94. The number of aromatic amines is 1. The molecule has 4 rings (SSSR count). The highest BCUT2D eigenvalue weighted by Gasteiger charge is 2.36. The molecule has 0 saturated carbocycles. The highest BCUT2D eigenvalue weighted by atomic mass is 32.2. The number of para-hydroxylation sites is 1. The molecule has 12 nitrogen and oxygen atoms in total. The first-order valence-corrected chi connectivity index (χ1v) is 17.2. The van der Waals surface area contributed by atoms with Gasteiger partial charge in [0.2, 0.25) is 15.9 Å². The van der Waals surface area contributed by atoms with Gasteiger partial charge in [-0.2, -0.15) is 4.31 Å². The van der Waals surface area contributed by atoms with Crippen molar-refractivity contribution in [2.75, 3.05) is 32.7 Å². The second-order valence-corrected chi connectivity index (χ2v) is 14.5. The number of urea groups is 1. The quantitative estimate of drug-likeness (QED) is 0.172. The summed E-state index contributed by atoms with van der Waals surface area (Å²) in [5, 5.41) is 6.67. The molecule has 2 aromatic carbocycles. The van der Waals surface area contributed by atoms with Crippen molar-refractivity contribution >= 4 is 38.8 Å². The van der Waals surface area contributed by atoms with Gasteiger partial charge in [-0.1, -0.05) is 43.3 Å². The van der Waals surface area contributed by atoms with Crippen LogP contribution in [0.5, 0.6) is 0 Å². The summed E-state index contributed by atoms with van der Waals surface area (Å²) >= 11 is 0. The Morgan fingerprint density at radius 1 is 0.957 bits per heavy atom. The molecule has 1 aliphatic rings. The fraction of sp³-hybridized carbons (Fsp3) is 0.485. The van der Waals surface area contributed by atoms with Crippen molar-refractivity contribution in [3.63, 3.8) is 0 Å². The number of hydrogen-bond acceptors (Lipinski definition) is 7. The Kier molecular flexibility index (Phi) is 11.5. The molecule has 1 fully saturated rings. The monoisotopic (exact) mass is 654 g/mol. The second kappa shape index (κ2) is 15.1. The van der Waals surface area contributed by atoms with Crippen LogP contribution in [0.25, 0.3) is 10.9 Å². The number of rotatable bonds is 12. The minimum atomic E-state index is -3.70. The van der Waals surface area contributed by atoms with Crippen LogP contribution in [0.3, 0.4) is 0 Å². The van der Waals surface area contributed by atoms with Crippen molar-refractivity contribution in [3.8, 4) is 0 Å². The molecule has 3 unspecified atom stereocenters. The molecule has 0 bridgehead atoms. The molecule has 46 heavy (non-hydrogen) atoms. The van der Waals surface area contributed by atoms with Gasteiger partial charge in [0.1, 0.15) is 17.7 Å². The molecule has 2 heterocycles. The Morgan fingerprint density at radius 3 is 2.26 bits per heavy atom. The Balaban J connectivity index is 1.54. The third-order valence-electron chi connectivity index (χ3n) is 8.03. The molecule has 3 amide bonds. The van der Waals surface area contributed by atoms with E-state index in [0.29, 0.717) is 25.8 Å². The molecule has 13 heteroatoms. The van der Waals surface area contributed by atoms with E-state index in [4.69, 9.17) is 10.5 Å². The van der Waals surface area contributed by atoms with Gasteiger partial charge in [-0.05, 0) is 70.3 Å². The van der Waals surface area contributed by atoms with Crippen molar-refractivity contribution in [1.29, 1.82) is 0 Å². The van der Waals surface area contributed by atoms with Crippen molar-refractivity contribution in [2.24, 2.45) is 5.73 Å². The molecule has 1 saturated heterocycles. The molecule has 3 aromatic rings. The predicted molar refractivity (Wildman–Crippen MR) is 176 cm³/mol. The van der Waals surface area contributed by atoms with Crippen molar-refractivity contribution in [2.45, 2.75) is 75.5 Å². The Morgan fingerprint density at radius 2 is 1.61 bits per heavy atom. The van der Waals surface area contributed by atoms with Gasteiger partial charge in [0.05, 0.1) is 4.90 Å². The third kappa shape index (κ3) is 8.65. The largest absolute Gasteiger partial charge is 0.458 e. The highest BCUT2D eigenvalue weighted by Crippen LogP contribution is 2.28. The fourth-order valence-corrected chi connectivity index (χ4v) is 6.98. The number of sulfonamides is 1. The number of unbranched alkanes of at least 4 members (excludes halogenated alkanes) is 1. The van der Waals surface area contributed by atoms with E-state index in [9.17, 15) is 22.8 Å². The number of amides is 3. The van der Waals surface area contributed by atoms with Crippen LogP contribution in [0.2, 0.25) is 0 Å². The fourth-order valence-electron chi connectivity index (χ4n) is 5.54. The van der Waals surface area contributed by atoms with Gasteiger partial charge in [-0.15, -0.1) is 0 Å². The zero-order valence-electron chi connectivity index (χ0n) is 27.0. The number of benzene rings is 2. The number of carbonyl (C=O) groups excluding carboxylic acids is 3. The molecule has 3 atom stereocenters. The molecule has 1 aromatic heterocycles. The molecule has 1 aliphatic heterocycles. The van der Waals surface area contributed by atoms with Crippen LogP contribution >= 0.6 is 0 Å². The molecule has 5 N–H and O–H groups in total. The standard InChI is InChI=1S/C33H46N6O6S/c1-23(26-22-35-27-15-9-8-14-25(26)27)29(30(40)36-28(16-10-11-17-34)31(41)45-33(2,3)4)37-32(42)38-18-20-39(21-19-38)46(43,44)24-12-6-5-7-13-24/h5-9,12-15,22-23,28-29,35H,10-11,16-21,34H2,1-4H3,(H,36,40)(H,37,42). The first-order valence-electron chi connectivity index (χ1n) is 15.7. The van der Waals surface area contributed by atoms with Gasteiger partial charge in [0.15, 0.2) is 0 Å². The van der Waals surface area contributed by atoms with Crippen molar-refractivity contribution < 1.29 is 27.5 Å². The minimum absolute atomic E-state index is 0.112. The molecule has 0 aliphatic carbocycles. The van der Waals surface area contributed by atoms with Crippen LogP contribution in [0, 0.1) is 0 Å². The SMILES string of the molecule is CC(c1c[nH]c2ccccc12)C(NC(=O)N1CCN(S(=O)(=O)c2ccccc2)CC1)C(=O)NC(CCCCN)C(=O)OC(C)(C)C. The average Bonchev–Trinajstić information content (AvgIpc) is 3.46. The number of H-pyrrole nitrogens is 1. The summed E-state index contributed by atoms with van der Waals surface area (Å²) in [6.07, 6.45) is 3.43. The smallest absolute Gasteiger partial charge is 0.329 e. The lowest BCUT2D eigenvalue weighted by Crippen LogP contribution is -2.59. The topological polar surface area (TPSA) is 167 Å². The van der Waals surface area contributed by atoms with Crippen molar-refractivity contribution in [1.82, 2.24) is 24.8 Å². The Labute approximate surface area is 271 Å². The summed E-state index contributed by atoms with van der Waals surface area (Å²) in [7, 11) is -3.70. The summed E-state index contributed by atoms with van der Waals surface area (Å²) in [5.41, 5.74) is 6.63. The van der Waals surface area contributed by atoms with Gasteiger partial charge >= 0.3 is 12.0 Å². The van der Waals surface area contributed by atoms with Crippen LogP contribution in [0.1, 0.15) is 58.4 Å². The van der Waals surface area contributed by atoms with Crippen LogP contribution in [0.15, 0.2) is 65.7 Å². The number of esters is 1. The van der Waals surface area contributed by atoms with Crippen LogP contribution in [0.4, 0.5) is 4.79 Å². The maximum atomic E-state index is 14.0. The number of carbonyl (C=O) groups is 3. The summed E-state index contributed by atoms with van der Waals surface area (Å²) < 4.78 is 33.2. The van der Waals surface area contributed by atoms with Gasteiger partial charge in [-0.3, -0.25) is 4.79 Å².